The number of aromatic nitrogens is 4. The van der Waals surface area contributed by atoms with Gasteiger partial charge in [-0.1, -0.05) is 55.5 Å². The van der Waals surface area contributed by atoms with E-state index in [0.29, 0.717) is 24.2 Å². The molecule has 9 heterocycles. The van der Waals surface area contributed by atoms with Gasteiger partial charge in [-0.15, -0.1) is 11.3 Å². The highest BCUT2D eigenvalue weighted by atomic mass is 32.1. The topological polar surface area (TPSA) is 103 Å². The van der Waals surface area contributed by atoms with Crippen LogP contribution in [0.15, 0.2) is 48.1 Å². The zero-order valence-corrected chi connectivity index (χ0v) is 39.2. The Morgan fingerprint density at radius 2 is 1.24 bits per heavy atom. The minimum Gasteiger partial charge on any atom is -0.380 e. The fourth-order valence-corrected chi connectivity index (χ4v) is 12.2. The van der Waals surface area contributed by atoms with Crippen LogP contribution >= 0.6 is 22.7 Å². The third kappa shape index (κ3) is 11.0. The monoisotopic (exact) mass is 893 g/mol. The summed E-state index contributed by atoms with van der Waals surface area (Å²) in [5.74, 6) is 3.72. The van der Waals surface area contributed by atoms with Gasteiger partial charge in [0.2, 0.25) is 17.8 Å². The Labute approximate surface area is 382 Å². The van der Waals surface area contributed by atoms with Crippen LogP contribution in [0.1, 0.15) is 89.5 Å². The fraction of sp³-hybridized carbons (Fsp3) is 0.612. The quantitative estimate of drug-likeness (QED) is 0.0942. The second kappa shape index (κ2) is 21.5. The fourth-order valence-electron chi connectivity index (χ4n) is 9.88. The van der Waals surface area contributed by atoms with Crippen LogP contribution in [0.2, 0.25) is 0 Å². The van der Waals surface area contributed by atoms with E-state index in [2.05, 4.69) is 55.9 Å². The van der Waals surface area contributed by atoms with Crippen molar-refractivity contribution in [3.8, 4) is 11.1 Å². The number of thiophene rings is 2. The van der Waals surface area contributed by atoms with Crippen LogP contribution in [-0.4, -0.2) is 134 Å². The first-order chi connectivity index (χ1) is 31.0. The van der Waals surface area contributed by atoms with Crippen LogP contribution in [0.25, 0.3) is 31.6 Å². The lowest BCUT2D eigenvalue weighted by atomic mass is 9.98. The van der Waals surface area contributed by atoms with Crippen LogP contribution in [-0.2, 0) is 14.3 Å². The number of hydrogen-bond donors (Lipinski definition) is 0. The molecule has 5 saturated heterocycles. The Hall–Kier alpha value is -3.79. The molecule has 0 atom stereocenters. The van der Waals surface area contributed by atoms with Gasteiger partial charge < -0.3 is 34.0 Å². The molecule has 5 aromatic rings. The van der Waals surface area contributed by atoms with Crippen molar-refractivity contribution in [2.24, 2.45) is 11.8 Å². The lowest BCUT2D eigenvalue weighted by Crippen LogP contribution is -2.36. The van der Waals surface area contributed by atoms with E-state index in [0.717, 1.165) is 135 Å². The highest BCUT2D eigenvalue weighted by molar-refractivity contribution is 7.23. The molecule has 338 valence electrons. The van der Waals surface area contributed by atoms with Gasteiger partial charge in [-0.3, -0.25) is 4.79 Å². The van der Waals surface area contributed by atoms with Crippen LogP contribution < -0.4 is 14.7 Å². The summed E-state index contributed by atoms with van der Waals surface area (Å²) in [5.41, 5.74) is 3.56. The van der Waals surface area contributed by atoms with Gasteiger partial charge in [0.25, 0.3) is 0 Å². The standard InChI is InChI=1S/C28H35N5O2S.C21H32N4OS/c34-24-9-6-14-33(24)27-25(22-7-2-1-3-8-22)23-19-29-28(30-26(23)36-27)32-15-10-21(11-16-32)20-35-18-17-31-12-4-5-13-31;1-16(2)19-15-27-20-18(19)13-22-21(23-20)25-9-5-17(6-10-25)14-26-12-11-24-7-3-4-8-24/h1-3,7-8,19,21H,4-6,9-18,20H2;13,15-17H,3-12,14H2,1-2H3. The summed E-state index contributed by atoms with van der Waals surface area (Å²) in [4.78, 5) is 45.6. The number of hydrogen-bond acceptors (Lipinski definition) is 13. The summed E-state index contributed by atoms with van der Waals surface area (Å²) >= 11 is 3.37. The Bertz CT molecular complexity index is 2220. The number of rotatable bonds is 15. The minimum absolute atomic E-state index is 0.205. The van der Waals surface area contributed by atoms with E-state index in [-0.39, 0.29) is 5.91 Å². The van der Waals surface area contributed by atoms with Gasteiger partial charge in [0.1, 0.15) is 14.7 Å². The predicted molar refractivity (Wildman–Crippen MR) is 259 cm³/mol. The molecule has 0 radical (unpaired) electrons. The molecule has 1 aromatic carbocycles. The van der Waals surface area contributed by atoms with Crippen molar-refractivity contribution in [1.29, 1.82) is 0 Å². The molecule has 4 aromatic heterocycles. The van der Waals surface area contributed by atoms with Crippen molar-refractivity contribution < 1.29 is 14.3 Å². The summed E-state index contributed by atoms with van der Waals surface area (Å²) in [7, 11) is 0. The van der Waals surface area contributed by atoms with Gasteiger partial charge in [0.05, 0.1) is 13.2 Å². The Morgan fingerprint density at radius 1 is 0.683 bits per heavy atom. The molecule has 0 saturated carbocycles. The molecule has 0 spiro atoms. The van der Waals surface area contributed by atoms with Crippen molar-refractivity contribution in [3.05, 3.63) is 53.7 Å². The van der Waals surface area contributed by atoms with Crippen molar-refractivity contribution in [1.82, 2.24) is 29.7 Å². The average Bonchev–Trinajstić information content (AvgIpc) is 4.19. The van der Waals surface area contributed by atoms with Gasteiger partial charge in [-0.25, -0.2) is 19.9 Å². The van der Waals surface area contributed by atoms with E-state index >= 15 is 0 Å². The number of ether oxygens (including phenoxy) is 2. The number of benzene rings is 1. The summed E-state index contributed by atoms with van der Waals surface area (Å²) in [6.07, 6.45) is 15.5. The van der Waals surface area contributed by atoms with Crippen LogP contribution in [0, 0.1) is 11.8 Å². The molecule has 12 nitrogen and oxygen atoms in total. The molecule has 5 fully saturated rings. The van der Waals surface area contributed by atoms with E-state index in [1.54, 1.807) is 22.7 Å². The number of carbonyl (C=O) groups is 1. The second-order valence-electron chi connectivity index (χ2n) is 18.5. The van der Waals surface area contributed by atoms with Gasteiger partial charge in [-0.2, -0.15) is 0 Å². The molecular formula is C49H67N9O3S2. The molecule has 0 unspecified atom stereocenters. The zero-order chi connectivity index (χ0) is 43.0. The number of anilines is 3. The molecular weight excluding hydrogens is 827 g/mol. The number of piperidine rings is 2. The molecule has 10 rings (SSSR count). The van der Waals surface area contributed by atoms with Gasteiger partial charge in [-0.05, 0) is 118 Å². The maximum Gasteiger partial charge on any atom is 0.227 e. The largest absolute Gasteiger partial charge is 0.380 e. The van der Waals surface area contributed by atoms with Crippen molar-refractivity contribution in [2.75, 3.05) is 113 Å². The Balaban J connectivity index is 0.000000167. The summed E-state index contributed by atoms with van der Waals surface area (Å²) in [6, 6.07) is 10.3. The summed E-state index contributed by atoms with van der Waals surface area (Å²) in [6.45, 7) is 19.9. The van der Waals surface area contributed by atoms with Crippen molar-refractivity contribution in [3.63, 3.8) is 0 Å². The smallest absolute Gasteiger partial charge is 0.227 e. The van der Waals surface area contributed by atoms with E-state index in [1.807, 2.05) is 35.5 Å². The van der Waals surface area contributed by atoms with E-state index in [9.17, 15) is 4.79 Å². The first kappa shape index (κ1) is 44.4. The molecule has 14 heteroatoms. The lowest BCUT2D eigenvalue weighted by Gasteiger charge is -2.32. The van der Waals surface area contributed by atoms with Crippen molar-refractivity contribution in [2.45, 2.75) is 84.0 Å². The van der Waals surface area contributed by atoms with E-state index in [1.165, 1.54) is 75.7 Å². The van der Waals surface area contributed by atoms with Crippen LogP contribution in [0.4, 0.5) is 16.9 Å². The highest BCUT2D eigenvalue weighted by Gasteiger charge is 2.29. The molecule has 5 aliphatic rings. The molecule has 0 N–H and O–H groups in total. The van der Waals surface area contributed by atoms with Gasteiger partial charge >= 0.3 is 0 Å². The minimum atomic E-state index is 0.205. The molecule has 0 aliphatic carbocycles. The number of carbonyl (C=O) groups excluding carboxylic acids is 1. The van der Waals surface area contributed by atoms with E-state index < -0.39 is 0 Å². The maximum absolute atomic E-state index is 12.6. The van der Waals surface area contributed by atoms with Gasteiger partial charge in [0, 0.05) is 94.2 Å². The molecule has 1 amide bonds. The Morgan fingerprint density at radius 3 is 1.78 bits per heavy atom. The maximum atomic E-state index is 12.6. The number of fused-ring (bicyclic) bond motifs is 2. The van der Waals surface area contributed by atoms with Crippen molar-refractivity contribution >= 4 is 65.9 Å². The highest BCUT2D eigenvalue weighted by Crippen LogP contribution is 2.45. The normalized spacial score (nSPS) is 19.7. The number of likely N-dealkylation sites (tertiary alicyclic amines) is 2. The number of amides is 1. The number of nitrogens with zero attached hydrogens (tertiary/aromatic N) is 9. The third-order valence-electron chi connectivity index (χ3n) is 13.8. The zero-order valence-electron chi connectivity index (χ0n) is 37.6. The van der Waals surface area contributed by atoms with Crippen LogP contribution in [0.3, 0.4) is 0 Å². The van der Waals surface area contributed by atoms with E-state index in [4.69, 9.17) is 24.4 Å². The second-order valence-corrected chi connectivity index (χ2v) is 20.4. The molecule has 63 heavy (non-hydrogen) atoms. The van der Waals surface area contributed by atoms with Crippen LogP contribution in [0.5, 0.6) is 0 Å². The average molecular weight is 894 g/mol. The molecule has 5 aliphatic heterocycles. The predicted octanol–water partition coefficient (Wildman–Crippen LogP) is 8.96. The lowest BCUT2D eigenvalue weighted by molar-refractivity contribution is -0.117. The summed E-state index contributed by atoms with van der Waals surface area (Å²) in [5, 5.41) is 5.50. The third-order valence-corrected chi connectivity index (χ3v) is 15.8. The molecule has 0 bridgehead atoms. The summed E-state index contributed by atoms with van der Waals surface area (Å²) < 4.78 is 12.0. The Kier molecular flexibility index (Phi) is 15.1. The first-order valence-electron chi connectivity index (χ1n) is 24.0. The SMILES string of the molecule is CC(C)c1csc2nc(N3CCC(COCCN4CCCC4)CC3)ncc12.O=C1CCCN1c1sc2nc(N3CCC(COCCN4CCCC4)CC3)ncc2c1-c1ccccc1. The first-order valence-corrected chi connectivity index (χ1v) is 25.7. The van der Waals surface area contributed by atoms with Gasteiger partial charge in [0.15, 0.2) is 0 Å².